The number of nitrogens with one attached hydrogen (secondary N) is 2. The highest BCUT2D eigenvalue weighted by Crippen LogP contribution is 2.40. The number of thioether (sulfide) groups is 1. The van der Waals surface area contributed by atoms with Crippen LogP contribution in [0, 0.1) is 13.8 Å². The molecular formula is C19H17F3N2O2S. The molecule has 2 N–H and O–H groups in total. The molecule has 8 heteroatoms. The van der Waals surface area contributed by atoms with Crippen molar-refractivity contribution in [3.05, 3.63) is 53.1 Å². The normalized spacial score (nSPS) is 16.5. The largest absolute Gasteiger partial charge is 0.416 e. The summed E-state index contributed by atoms with van der Waals surface area (Å²) < 4.78 is 38.4. The minimum atomic E-state index is -4.48. The van der Waals surface area contributed by atoms with Gasteiger partial charge in [0.25, 0.3) is 0 Å². The lowest BCUT2D eigenvalue weighted by Gasteiger charge is -2.24. The molecule has 3 rings (SSSR count). The van der Waals surface area contributed by atoms with Gasteiger partial charge in [0, 0.05) is 17.0 Å². The zero-order valence-electron chi connectivity index (χ0n) is 14.6. The van der Waals surface area contributed by atoms with Gasteiger partial charge in [-0.15, -0.1) is 11.8 Å². The van der Waals surface area contributed by atoms with E-state index in [0.717, 1.165) is 35.0 Å². The Kier molecular flexibility index (Phi) is 5.19. The minimum absolute atomic E-state index is 0.0794. The smallest absolute Gasteiger partial charge is 0.326 e. The van der Waals surface area contributed by atoms with Crippen molar-refractivity contribution in [1.29, 1.82) is 0 Å². The Bertz CT molecular complexity index is 892. The molecule has 2 aromatic rings. The molecule has 4 nitrogen and oxygen atoms in total. The number of hydrogen-bond acceptors (Lipinski definition) is 3. The SMILES string of the molecule is Cc1cc(C)cc(NC(=O)C[C@H]2Sc3ccc(C(F)(F)F)cc3NC2=O)c1. The molecule has 1 aliphatic rings. The summed E-state index contributed by atoms with van der Waals surface area (Å²) in [6.07, 6.45) is -4.56. The van der Waals surface area contributed by atoms with E-state index in [-0.39, 0.29) is 18.0 Å². The van der Waals surface area contributed by atoms with Crippen LogP contribution in [0.3, 0.4) is 0 Å². The van der Waals surface area contributed by atoms with E-state index in [0.29, 0.717) is 10.6 Å². The molecule has 27 heavy (non-hydrogen) atoms. The summed E-state index contributed by atoms with van der Waals surface area (Å²) in [5.74, 6) is -0.814. The first-order valence-electron chi connectivity index (χ1n) is 8.19. The van der Waals surface area contributed by atoms with E-state index in [1.807, 2.05) is 32.0 Å². The summed E-state index contributed by atoms with van der Waals surface area (Å²) in [5, 5.41) is 4.53. The first-order valence-corrected chi connectivity index (χ1v) is 9.07. The molecule has 0 saturated heterocycles. The number of fused-ring (bicyclic) bond motifs is 1. The van der Waals surface area contributed by atoms with E-state index in [9.17, 15) is 22.8 Å². The number of carbonyl (C=O) groups excluding carboxylic acids is 2. The molecule has 0 radical (unpaired) electrons. The molecule has 0 spiro atoms. The van der Waals surface area contributed by atoms with Gasteiger partial charge in [-0.25, -0.2) is 0 Å². The van der Waals surface area contributed by atoms with Crippen LogP contribution in [0.2, 0.25) is 0 Å². The summed E-state index contributed by atoms with van der Waals surface area (Å²) in [7, 11) is 0. The van der Waals surface area contributed by atoms with Crippen molar-refractivity contribution in [3.63, 3.8) is 0 Å². The summed E-state index contributed by atoms with van der Waals surface area (Å²) >= 11 is 1.09. The number of carbonyl (C=O) groups is 2. The van der Waals surface area contributed by atoms with Crippen molar-refractivity contribution in [2.24, 2.45) is 0 Å². The fourth-order valence-electron chi connectivity index (χ4n) is 2.89. The molecule has 0 fully saturated rings. The summed E-state index contributed by atoms with van der Waals surface area (Å²) in [4.78, 5) is 25.0. The highest BCUT2D eigenvalue weighted by Gasteiger charge is 2.34. The molecule has 1 aliphatic heterocycles. The number of rotatable bonds is 3. The van der Waals surface area contributed by atoms with Crippen LogP contribution < -0.4 is 10.6 Å². The second kappa shape index (κ2) is 7.26. The Morgan fingerprint density at radius 1 is 1.15 bits per heavy atom. The third kappa shape index (κ3) is 4.63. The number of amides is 2. The van der Waals surface area contributed by atoms with Crippen LogP contribution in [-0.4, -0.2) is 17.1 Å². The molecular weight excluding hydrogens is 377 g/mol. The van der Waals surface area contributed by atoms with Gasteiger partial charge in [0.2, 0.25) is 11.8 Å². The van der Waals surface area contributed by atoms with Crippen LogP contribution >= 0.6 is 11.8 Å². The third-order valence-corrected chi connectivity index (χ3v) is 5.28. The molecule has 1 heterocycles. The second-order valence-electron chi connectivity index (χ2n) is 6.43. The fourth-order valence-corrected chi connectivity index (χ4v) is 3.98. The first kappa shape index (κ1) is 19.3. The van der Waals surface area contributed by atoms with E-state index in [4.69, 9.17) is 0 Å². The molecule has 0 bridgehead atoms. The lowest BCUT2D eigenvalue weighted by Crippen LogP contribution is -2.32. The fraction of sp³-hybridized carbons (Fsp3) is 0.263. The molecule has 2 aromatic carbocycles. The van der Waals surface area contributed by atoms with Gasteiger partial charge in [-0.05, 0) is 55.3 Å². The number of anilines is 2. The van der Waals surface area contributed by atoms with Crippen molar-refractivity contribution >= 4 is 35.0 Å². The predicted molar refractivity (Wildman–Crippen MR) is 98.9 cm³/mol. The average Bonchev–Trinajstić information content (AvgIpc) is 2.53. The van der Waals surface area contributed by atoms with Crippen LogP contribution in [0.4, 0.5) is 24.5 Å². The highest BCUT2D eigenvalue weighted by molar-refractivity contribution is 8.01. The van der Waals surface area contributed by atoms with E-state index in [1.165, 1.54) is 6.07 Å². The monoisotopic (exact) mass is 394 g/mol. The Hall–Kier alpha value is -2.48. The van der Waals surface area contributed by atoms with Gasteiger partial charge >= 0.3 is 6.18 Å². The van der Waals surface area contributed by atoms with Crippen molar-refractivity contribution in [2.45, 2.75) is 36.6 Å². The van der Waals surface area contributed by atoms with Crippen LogP contribution in [0.1, 0.15) is 23.1 Å². The summed E-state index contributed by atoms with van der Waals surface area (Å²) in [6, 6.07) is 8.82. The number of hydrogen-bond donors (Lipinski definition) is 2. The molecule has 0 aromatic heterocycles. The van der Waals surface area contributed by atoms with Crippen LogP contribution in [0.25, 0.3) is 0 Å². The lowest BCUT2D eigenvalue weighted by molar-refractivity contribution is -0.137. The number of benzene rings is 2. The minimum Gasteiger partial charge on any atom is -0.326 e. The highest BCUT2D eigenvalue weighted by atomic mass is 32.2. The molecule has 1 atom stereocenters. The Morgan fingerprint density at radius 3 is 2.44 bits per heavy atom. The Labute approximate surface area is 158 Å². The van der Waals surface area contributed by atoms with E-state index < -0.39 is 22.9 Å². The quantitative estimate of drug-likeness (QED) is 0.789. The first-order chi connectivity index (χ1) is 12.6. The maximum Gasteiger partial charge on any atom is 0.416 e. The zero-order valence-corrected chi connectivity index (χ0v) is 15.4. The van der Waals surface area contributed by atoms with Gasteiger partial charge in [0.05, 0.1) is 16.5 Å². The average molecular weight is 394 g/mol. The second-order valence-corrected chi connectivity index (χ2v) is 7.68. The number of halogens is 3. The van der Waals surface area contributed by atoms with E-state index in [1.54, 1.807) is 0 Å². The number of aryl methyl sites for hydroxylation is 2. The van der Waals surface area contributed by atoms with Crippen molar-refractivity contribution < 1.29 is 22.8 Å². The van der Waals surface area contributed by atoms with E-state index >= 15 is 0 Å². The molecule has 142 valence electrons. The standard InChI is InChI=1S/C19H17F3N2O2S/c1-10-5-11(2)7-13(6-10)23-17(25)9-16-18(26)24-14-8-12(19(20,21)22)3-4-15(14)27-16/h3-8,16H,9H2,1-2H3,(H,23,25)(H,24,26)/t16-/m1/s1. The van der Waals surface area contributed by atoms with Crippen molar-refractivity contribution in [2.75, 3.05) is 10.6 Å². The molecule has 0 saturated carbocycles. The summed E-state index contributed by atoms with van der Waals surface area (Å²) in [5.41, 5.74) is 1.95. The van der Waals surface area contributed by atoms with Crippen LogP contribution in [-0.2, 0) is 15.8 Å². The predicted octanol–water partition coefficient (Wildman–Crippen LogP) is 4.76. The van der Waals surface area contributed by atoms with Gasteiger partial charge in [-0.1, -0.05) is 6.07 Å². The van der Waals surface area contributed by atoms with Crippen LogP contribution in [0.15, 0.2) is 41.3 Å². The molecule has 2 amide bonds. The Morgan fingerprint density at radius 2 is 1.81 bits per heavy atom. The van der Waals surface area contributed by atoms with Gasteiger partial charge in [-0.2, -0.15) is 13.2 Å². The molecule has 0 aliphatic carbocycles. The Balaban J connectivity index is 1.70. The lowest BCUT2D eigenvalue weighted by atomic mass is 10.1. The maximum atomic E-state index is 12.8. The van der Waals surface area contributed by atoms with Crippen molar-refractivity contribution in [1.82, 2.24) is 0 Å². The van der Waals surface area contributed by atoms with Gasteiger partial charge in [-0.3, -0.25) is 9.59 Å². The number of alkyl halides is 3. The van der Waals surface area contributed by atoms with Gasteiger partial charge < -0.3 is 10.6 Å². The summed E-state index contributed by atoms with van der Waals surface area (Å²) in [6.45, 7) is 3.83. The maximum absolute atomic E-state index is 12.8. The van der Waals surface area contributed by atoms with Gasteiger partial charge in [0.15, 0.2) is 0 Å². The van der Waals surface area contributed by atoms with Crippen LogP contribution in [0.5, 0.6) is 0 Å². The molecule has 0 unspecified atom stereocenters. The van der Waals surface area contributed by atoms with Crippen molar-refractivity contribution in [3.8, 4) is 0 Å². The topological polar surface area (TPSA) is 58.2 Å². The zero-order chi connectivity index (χ0) is 19.8. The van der Waals surface area contributed by atoms with E-state index in [2.05, 4.69) is 10.6 Å². The third-order valence-electron chi connectivity index (χ3n) is 4.00. The van der Waals surface area contributed by atoms with Gasteiger partial charge in [0.1, 0.15) is 0 Å².